The molecule has 1 fully saturated rings. The lowest BCUT2D eigenvalue weighted by Crippen LogP contribution is -2.36. The van der Waals surface area contributed by atoms with Crippen molar-refractivity contribution < 1.29 is 0 Å². The van der Waals surface area contributed by atoms with E-state index in [0.717, 1.165) is 23.6 Å². The van der Waals surface area contributed by atoms with Crippen LogP contribution in [0.2, 0.25) is 5.02 Å². The van der Waals surface area contributed by atoms with E-state index in [2.05, 4.69) is 27.5 Å². The number of hydrogen-bond donors (Lipinski definition) is 2. The molecule has 1 aromatic carbocycles. The molecule has 102 valence electrons. The second-order valence-electron chi connectivity index (χ2n) is 5.33. The Morgan fingerprint density at radius 1 is 1.47 bits per heavy atom. The Balaban J connectivity index is 1.81. The number of hydrogen-bond acceptors (Lipinski definition) is 2. The number of likely N-dealkylation sites (N-methyl/N-ethyl adjacent to an activating group) is 1. The van der Waals surface area contributed by atoms with E-state index in [-0.39, 0.29) is 0 Å². The summed E-state index contributed by atoms with van der Waals surface area (Å²) in [6, 6.07) is 6.75. The predicted molar refractivity (Wildman–Crippen MR) is 80.7 cm³/mol. The van der Waals surface area contributed by atoms with Crippen LogP contribution in [0.15, 0.2) is 24.4 Å². The second-order valence-corrected chi connectivity index (χ2v) is 5.76. The summed E-state index contributed by atoms with van der Waals surface area (Å²) in [5.74, 6) is 0. The molecule has 0 saturated carbocycles. The Bertz CT molecular complexity index is 564. The molecule has 0 bridgehead atoms. The van der Waals surface area contributed by atoms with Gasteiger partial charge in [-0.05, 0) is 44.1 Å². The molecule has 0 aliphatic carbocycles. The molecule has 3 nitrogen and oxygen atoms in total. The van der Waals surface area contributed by atoms with Crippen LogP contribution in [-0.2, 0) is 6.54 Å². The van der Waals surface area contributed by atoms with Crippen LogP contribution in [0.4, 0.5) is 0 Å². The summed E-state index contributed by atoms with van der Waals surface area (Å²) in [5.41, 5.74) is 2.50. The molecule has 0 amide bonds. The van der Waals surface area contributed by atoms with Gasteiger partial charge in [0.05, 0.1) is 0 Å². The van der Waals surface area contributed by atoms with E-state index >= 15 is 0 Å². The van der Waals surface area contributed by atoms with Gasteiger partial charge in [-0.25, -0.2) is 0 Å². The van der Waals surface area contributed by atoms with Crippen LogP contribution < -0.4 is 5.32 Å². The van der Waals surface area contributed by atoms with Crippen molar-refractivity contribution in [1.82, 2.24) is 15.2 Å². The first kappa shape index (κ1) is 13.0. The second kappa shape index (κ2) is 5.53. The van der Waals surface area contributed by atoms with E-state index < -0.39 is 0 Å². The van der Waals surface area contributed by atoms with Crippen molar-refractivity contribution in [3.8, 4) is 0 Å². The highest BCUT2D eigenvalue weighted by Crippen LogP contribution is 2.26. The van der Waals surface area contributed by atoms with E-state index in [9.17, 15) is 0 Å². The maximum Gasteiger partial charge on any atom is 0.0472 e. The van der Waals surface area contributed by atoms with Gasteiger partial charge in [0.2, 0.25) is 0 Å². The van der Waals surface area contributed by atoms with Crippen LogP contribution in [0.25, 0.3) is 10.9 Å². The van der Waals surface area contributed by atoms with E-state index in [1.165, 1.54) is 30.3 Å². The number of H-pyrrole nitrogens is 1. The maximum absolute atomic E-state index is 6.02. The van der Waals surface area contributed by atoms with Crippen molar-refractivity contribution in [3.05, 3.63) is 35.0 Å². The molecule has 2 heterocycles. The monoisotopic (exact) mass is 277 g/mol. The van der Waals surface area contributed by atoms with Crippen molar-refractivity contribution in [2.75, 3.05) is 20.1 Å². The minimum absolute atomic E-state index is 0.669. The highest BCUT2D eigenvalue weighted by atomic mass is 35.5. The lowest BCUT2D eigenvalue weighted by Gasteiger charge is -2.23. The largest absolute Gasteiger partial charge is 0.361 e. The van der Waals surface area contributed by atoms with E-state index in [1.54, 1.807) is 0 Å². The van der Waals surface area contributed by atoms with Gasteiger partial charge in [0.15, 0.2) is 0 Å². The molecule has 2 aromatic rings. The normalized spacial score (nSPS) is 20.4. The molecule has 0 spiro atoms. The maximum atomic E-state index is 6.02. The number of halogens is 1. The topological polar surface area (TPSA) is 31.1 Å². The molecule has 1 unspecified atom stereocenters. The third-order valence-corrected chi connectivity index (χ3v) is 4.28. The Kier molecular flexibility index (Phi) is 3.78. The SMILES string of the molecule is CNCC1CCCN1Cc1c[nH]c2cc(Cl)ccc12. The molecule has 3 rings (SSSR count). The van der Waals surface area contributed by atoms with Crippen molar-refractivity contribution in [3.63, 3.8) is 0 Å². The molecule has 1 aliphatic rings. The fraction of sp³-hybridized carbons (Fsp3) is 0.467. The zero-order chi connectivity index (χ0) is 13.2. The van der Waals surface area contributed by atoms with Crippen molar-refractivity contribution in [2.45, 2.75) is 25.4 Å². The molecule has 1 aliphatic heterocycles. The summed E-state index contributed by atoms with van der Waals surface area (Å²) in [6.45, 7) is 3.30. The minimum atomic E-state index is 0.669. The van der Waals surface area contributed by atoms with Gasteiger partial charge in [-0.3, -0.25) is 4.90 Å². The highest BCUT2D eigenvalue weighted by molar-refractivity contribution is 6.31. The first-order valence-corrected chi connectivity index (χ1v) is 7.30. The number of nitrogens with zero attached hydrogens (tertiary/aromatic N) is 1. The molecule has 2 N–H and O–H groups in total. The molecular weight excluding hydrogens is 258 g/mol. The number of aromatic nitrogens is 1. The van der Waals surface area contributed by atoms with Gasteiger partial charge in [-0.1, -0.05) is 17.7 Å². The summed E-state index contributed by atoms with van der Waals surface area (Å²) < 4.78 is 0. The van der Waals surface area contributed by atoms with Gasteiger partial charge in [0, 0.05) is 41.3 Å². The molecule has 1 atom stereocenters. The quantitative estimate of drug-likeness (QED) is 0.900. The fourth-order valence-electron chi connectivity index (χ4n) is 3.08. The summed E-state index contributed by atoms with van der Waals surface area (Å²) in [7, 11) is 2.03. The number of aromatic amines is 1. The summed E-state index contributed by atoms with van der Waals surface area (Å²) >= 11 is 6.02. The Morgan fingerprint density at radius 3 is 3.21 bits per heavy atom. The summed E-state index contributed by atoms with van der Waals surface area (Å²) in [5, 5.41) is 5.38. The Labute approximate surface area is 118 Å². The summed E-state index contributed by atoms with van der Waals surface area (Å²) in [4.78, 5) is 5.90. The van der Waals surface area contributed by atoms with Gasteiger partial charge >= 0.3 is 0 Å². The van der Waals surface area contributed by atoms with Crippen molar-refractivity contribution in [2.24, 2.45) is 0 Å². The molecule has 4 heteroatoms. The number of rotatable bonds is 4. The zero-order valence-corrected chi connectivity index (χ0v) is 12.0. The smallest absolute Gasteiger partial charge is 0.0472 e. The lowest BCUT2D eigenvalue weighted by atomic mass is 10.1. The number of fused-ring (bicyclic) bond motifs is 1. The average Bonchev–Trinajstić information content (AvgIpc) is 2.98. The van der Waals surface area contributed by atoms with Gasteiger partial charge in [-0.2, -0.15) is 0 Å². The van der Waals surface area contributed by atoms with Crippen LogP contribution in [0.5, 0.6) is 0 Å². The van der Waals surface area contributed by atoms with E-state index in [0.29, 0.717) is 6.04 Å². The van der Waals surface area contributed by atoms with Gasteiger partial charge in [0.25, 0.3) is 0 Å². The molecule has 0 radical (unpaired) electrons. The standard InChI is InChI=1S/C15H20ClN3/c1-17-9-13-3-2-6-19(13)10-11-8-18-15-7-12(16)4-5-14(11)15/h4-5,7-8,13,17-18H,2-3,6,9-10H2,1H3. The first-order valence-electron chi connectivity index (χ1n) is 6.92. The molecular formula is C15H20ClN3. The van der Waals surface area contributed by atoms with E-state index in [4.69, 9.17) is 11.6 Å². The van der Waals surface area contributed by atoms with E-state index in [1.807, 2.05) is 19.2 Å². The van der Waals surface area contributed by atoms with Gasteiger partial charge in [-0.15, -0.1) is 0 Å². The number of likely N-dealkylation sites (tertiary alicyclic amines) is 1. The Morgan fingerprint density at radius 2 is 2.37 bits per heavy atom. The number of benzene rings is 1. The first-order chi connectivity index (χ1) is 9.28. The van der Waals surface area contributed by atoms with Crippen molar-refractivity contribution in [1.29, 1.82) is 0 Å². The molecule has 19 heavy (non-hydrogen) atoms. The zero-order valence-electron chi connectivity index (χ0n) is 11.2. The van der Waals surface area contributed by atoms with Crippen molar-refractivity contribution >= 4 is 22.5 Å². The van der Waals surface area contributed by atoms with Crippen LogP contribution >= 0.6 is 11.6 Å². The predicted octanol–water partition coefficient (Wildman–Crippen LogP) is 3.01. The third-order valence-electron chi connectivity index (χ3n) is 4.04. The van der Waals surface area contributed by atoms with Gasteiger partial charge < -0.3 is 10.3 Å². The fourth-order valence-corrected chi connectivity index (χ4v) is 3.25. The van der Waals surface area contributed by atoms with Crippen LogP contribution in [0, 0.1) is 0 Å². The molecule has 1 aromatic heterocycles. The third kappa shape index (κ3) is 2.64. The Hall–Kier alpha value is -1.03. The molecule has 1 saturated heterocycles. The number of nitrogens with one attached hydrogen (secondary N) is 2. The van der Waals surface area contributed by atoms with Gasteiger partial charge in [0.1, 0.15) is 0 Å². The van der Waals surface area contributed by atoms with Crippen LogP contribution in [-0.4, -0.2) is 36.1 Å². The average molecular weight is 278 g/mol. The van der Waals surface area contributed by atoms with Crippen LogP contribution in [0.3, 0.4) is 0 Å². The lowest BCUT2D eigenvalue weighted by molar-refractivity contribution is 0.243. The summed E-state index contributed by atoms with van der Waals surface area (Å²) in [6.07, 6.45) is 4.73. The van der Waals surface area contributed by atoms with Crippen LogP contribution in [0.1, 0.15) is 18.4 Å². The minimum Gasteiger partial charge on any atom is -0.361 e. The highest BCUT2D eigenvalue weighted by Gasteiger charge is 2.24.